The first kappa shape index (κ1) is 20.6. The molecule has 1 N–H and O–H groups in total. The zero-order valence-corrected chi connectivity index (χ0v) is 17.2. The summed E-state index contributed by atoms with van der Waals surface area (Å²) in [6.45, 7) is 3.35. The number of rotatable bonds is 5. The second kappa shape index (κ2) is 8.20. The fourth-order valence-electron chi connectivity index (χ4n) is 3.37. The van der Waals surface area contributed by atoms with Gasteiger partial charge in [0, 0.05) is 11.8 Å². The van der Waals surface area contributed by atoms with Gasteiger partial charge in [0.2, 0.25) is 0 Å². The van der Waals surface area contributed by atoms with Crippen LogP contribution in [0.5, 0.6) is 0 Å². The smallest absolute Gasteiger partial charge is 0.338 e. The van der Waals surface area contributed by atoms with E-state index in [0.717, 1.165) is 11.1 Å². The second-order valence-electron chi connectivity index (χ2n) is 7.68. The van der Waals surface area contributed by atoms with E-state index in [1.165, 1.54) is 10.8 Å². The summed E-state index contributed by atoms with van der Waals surface area (Å²) < 4.78 is 12.7. The highest BCUT2D eigenvalue weighted by Gasteiger charge is 2.34. The van der Waals surface area contributed by atoms with Crippen LogP contribution < -0.4 is 11.2 Å². The summed E-state index contributed by atoms with van der Waals surface area (Å²) in [5, 5.41) is 0. The Balaban J connectivity index is 1.40. The quantitative estimate of drug-likeness (QED) is 0.508. The standard InChI is InChI=1S/C24H22N2O5/c1-16-14-26(23(29)25-21(16)27)20-12-13-24(2,31-20)15-30-22(28)19-10-8-18(9-11-19)17-6-4-3-5-7-17/h3-14,20H,15H2,1-2H3,(H,25,27,29)/t20-,24+/m1/s1. The number of H-pyrrole nitrogens is 1. The zero-order valence-electron chi connectivity index (χ0n) is 17.2. The number of aryl methyl sites for hydroxylation is 1. The maximum absolute atomic E-state index is 12.5. The van der Waals surface area contributed by atoms with Crippen LogP contribution in [-0.2, 0) is 9.47 Å². The predicted molar refractivity (Wildman–Crippen MR) is 116 cm³/mol. The Morgan fingerprint density at radius 3 is 2.48 bits per heavy atom. The van der Waals surface area contributed by atoms with Crippen LogP contribution in [0.1, 0.15) is 29.1 Å². The average Bonchev–Trinajstić information content (AvgIpc) is 3.17. The Labute approximate surface area is 178 Å². The molecule has 2 aromatic carbocycles. The zero-order chi connectivity index (χ0) is 22.0. The predicted octanol–water partition coefficient (Wildman–Crippen LogP) is 3.21. The van der Waals surface area contributed by atoms with Crippen molar-refractivity contribution in [2.24, 2.45) is 0 Å². The molecule has 158 valence electrons. The van der Waals surface area contributed by atoms with Gasteiger partial charge in [-0.1, -0.05) is 42.5 Å². The maximum atomic E-state index is 12.5. The van der Waals surface area contributed by atoms with E-state index < -0.39 is 29.0 Å². The molecule has 1 aromatic heterocycles. The Hall–Kier alpha value is -3.71. The summed E-state index contributed by atoms with van der Waals surface area (Å²) in [7, 11) is 0. The van der Waals surface area contributed by atoms with Gasteiger partial charge >= 0.3 is 11.7 Å². The molecule has 2 atom stereocenters. The molecule has 0 fully saturated rings. The van der Waals surface area contributed by atoms with Gasteiger partial charge in [-0.3, -0.25) is 14.3 Å². The first-order valence-electron chi connectivity index (χ1n) is 9.86. The minimum atomic E-state index is -0.895. The highest BCUT2D eigenvalue weighted by atomic mass is 16.6. The molecule has 0 radical (unpaired) electrons. The molecule has 0 amide bonds. The first-order valence-corrected chi connectivity index (χ1v) is 9.86. The lowest BCUT2D eigenvalue weighted by Crippen LogP contribution is -2.36. The number of aromatic nitrogens is 2. The van der Waals surface area contributed by atoms with Gasteiger partial charge in [-0.15, -0.1) is 0 Å². The van der Waals surface area contributed by atoms with Crippen LogP contribution in [0.3, 0.4) is 0 Å². The molecule has 0 spiro atoms. The molecule has 0 aliphatic carbocycles. The molecule has 7 nitrogen and oxygen atoms in total. The van der Waals surface area contributed by atoms with Crippen molar-refractivity contribution in [3.05, 3.63) is 105 Å². The molecule has 0 bridgehead atoms. The summed E-state index contributed by atoms with van der Waals surface area (Å²) >= 11 is 0. The van der Waals surface area contributed by atoms with Gasteiger partial charge < -0.3 is 9.47 Å². The SMILES string of the molecule is Cc1cn([C@H]2C=C[C@@](C)(COC(=O)c3ccc(-c4ccccc4)cc3)O2)c(=O)[nH]c1=O. The van der Waals surface area contributed by atoms with E-state index in [0.29, 0.717) is 11.1 Å². The van der Waals surface area contributed by atoms with Crippen LogP contribution in [0.25, 0.3) is 11.1 Å². The van der Waals surface area contributed by atoms with Crippen molar-refractivity contribution in [3.63, 3.8) is 0 Å². The molecule has 31 heavy (non-hydrogen) atoms. The molecular weight excluding hydrogens is 396 g/mol. The molecule has 1 aliphatic heterocycles. The Morgan fingerprint density at radius 1 is 1.10 bits per heavy atom. The van der Waals surface area contributed by atoms with E-state index >= 15 is 0 Å². The van der Waals surface area contributed by atoms with Crippen LogP contribution in [0.15, 0.2) is 82.5 Å². The summed E-state index contributed by atoms with van der Waals surface area (Å²) in [6, 6.07) is 17.1. The number of nitrogens with one attached hydrogen (secondary N) is 1. The van der Waals surface area contributed by atoms with Gasteiger partial charge in [0.05, 0.1) is 5.56 Å². The second-order valence-corrected chi connectivity index (χ2v) is 7.68. The number of benzene rings is 2. The number of nitrogens with zero attached hydrogens (tertiary/aromatic N) is 1. The lowest BCUT2D eigenvalue weighted by molar-refractivity contribution is -0.0783. The van der Waals surface area contributed by atoms with Crippen LogP contribution in [0.4, 0.5) is 0 Å². The molecule has 1 aliphatic rings. The van der Waals surface area contributed by atoms with Crippen molar-refractivity contribution in [3.8, 4) is 11.1 Å². The van der Waals surface area contributed by atoms with E-state index in [4.69, 9.17) is 9.47 Å². The van der Waals surface area contributed by atoms with Crippen LogP contribution in [-0.4, -0.2) is 27.7 Å². The van der Waals surface area contributed by atoms with Crippen molar-refractivity contribution >= 4 is 5.97 Å². The third-order valence-electron chi connectivity index (χ3n) is 5.14. The average molecular weight is 418 g/mol. The van der Waals surface area contributed by atoms with Crippen molar-refractivity contribution in [1.82, 2.24) is 9.55 Å². The van der Waals surface area contributed by atoms with E-state index in [1.54, 1.807) is 38.1 Å². The van der Waals surface area contributed by atoms with Gasteiger partial charge in [0.1, 0.15) is 12.2 Å². The summed E-state index contributed by atoms with van der Waals surface area (Å²) in [5.74, 6) is -0.460. The number of hydrogen-bond acceptors (Lipinski definition) is 5. The van der Waals surface area contributed by atoms with E-state index in [9.17, 15) is 14.4 Å². The van der Waals surface area contributed by atoms with Gasteiger partial charge in [0.25, 0.3) is 5.56 Å². The highest BCUT2D eigenvalue weighted by Crippen LogP contribution is 2.29. The molecule has 2 heterocycles. The van der Waals surface area contributed by atoms with Gasteiger partial charge in [-0.2, -0.15) is 0 Å². The van der Waals surface area contributed by atoms with Crippen LogP contribution in [0.2, 0.25) is 0 Å². The maximum Gasteiger partial charge on any atom is 0.338 e. The molecule has 0 saturated heterocycles. The monoisotopic (exact) mass is 418 g/mol. The topological polar surface area (TPSA) is 90.4 Å². The van der Waals surface area contributed by atoms with E-state index in [1.807, 2.05) is 42.5 Å². The largest absolute Gasteiger partial charge is 0.459 e. The van der Waals surface area contributed by atoms with Gasteiger partial charge in [-0.25, -0.2) is 9.59 Å². The minimum Gasteiger partial charge on any atom is -0.459 e. The summed E-state index contributed by atoms with van der Waals surface area (Å²) in [5.41, 5.74) is 1.02. The van der Waals surface area contributed by atoms with Gasteiger partial charge in [0.15, 0.2) is 6.23 Å². The number of aromatic amines is 1. The third-order valence-corrected chi connectivity index (χ3v) is 5.14. The van der Waals surface area contributed by atoms with Crippen molar-refractivity contribution in [2.45, 2.75) is 25.7 Å². The summed E-state index contributed by atoms with van der Waals surface area (Å²) in [4.78, 5) is 38.4. The van der Waals surface area contributed by atoms with Crippen LogP contribution in [0, 0.1) is 6.92 Å². The summed E-state index contributed by atoms with van der Waals surface area (Å²) in [6.07, 6.45) is 4.19. The molecule has 4 rings (SSSR count). The lowest BCUT2D eigenvalue weighted by Gasteiger charge is -2.25. The van der Waals surface area contributed by atoms with Crippen molar-refractivity contribution in [2.75, 3.05) is 6.61 Å². The first-order chi connectivity index (χ1) is 14.8. The fourth-order valence-corrected chi connectivity index (χ4v) is 3.37. The number of hydrogen-bond donors (Lipinski definition) is 1. The molecule has 0 saturated carbocycles. The van der Waals surface area contributed by atoms with Crippen molar-refractivity contribution < 1.29 is 14.3 Å². The number of esters is 1. The molecule has 3 aromatic rings. The van der Waals surface area contributed by atoms with E-state index in [2.05, 4.69) is 4.98 Å². The normalized spacial score (nSPS) is 20.0. The van der Waals surface area contributed by atoms with E-state index in [-0.39, 0.29) is 6.61 Å². The third kappa shape index (κ3) is 4.41. The fraction of sp³-hybridized carbons (Fsp3) is 0.208. The number of ether oxygens (including phenoxy) is 2. The van der Waals surface area contributed by atoms with Gasteiger partial charge in [-0.05, 0) is 49.3 Å². The number of carbonyl (C=O) groups excluding carboxylic acids is 1. The van der Waals surface area contributed by atoms with Crippen molar-refractivity contribution in [1.29, 1.82) is 0 Å². The number of carbonyl (C=O) groups is 1. The minimum absolute atomic E-state index is 0.0175. The Morgan fingerprint density at radius 2 is 1.77 bits per heavy atom. The lowest BCUT2D eigenvalue weighted by atomic mass is 10.0. The molecule has 7 heteroatoms. The Bertz CT molecular complexity index is 1240. The molecular formula is C24H22N2O5. The Kier molecular flexibility index (Phi) is 5.44. The van der Waals surface area contributed by atoms with Crippen LogP contribution >= 0.6 is 0 Å². The molecule has 0 unspecified atom stereocenters. The highest BCUT2D eigenvalue weighted by molar-refractivity contribution is 5.90.